The Balaban J connectivity index is 1.27. The monoisotopic (exact) mass is 454 g/mol. The SMILES string of the molecule is COc1ncnc(N[C@H]2CC[C@@H](Oc3cc(N4CCOCC4)cc4nccnc34)CC2)c1F. The standard InChI is InChI=1S/C23H27FN6O3/c1-31-23-20(24)22(27-14-28-23)29-15-2-4-17(5-3-15)33-19-13-16(30-8-10-32-11-9-30)12-18-21(19)26-7-6-25-18/h6-7,12-15,17H,2-5,8-11H2,1H3,(H,27,28,29)/t15-,17+. The summed E-state index contributed by atoms with van der Waals surface area (Å²) in [6.45, 7) is 3.10. The highest BCUT2D eigenvalue weighted by atomic mass is 19.1. The van der Waals surface area contributed by atoms with Crippen LogP contribution in [0.15, 0.2) is 30.9 Å². The van der Waals surface area contributed by atoms with E-state index in [1.807, 2.05) is 0 Å². The number of morpholine rings is 1. The molecule has 33 heavy (non-hydrogen) atoms. The van der Waals surface area contributed by atoms with Crippen LogP contribution in [0.25, 0.3) is 11.0 Å². The number of halogens is 1. The third-order valence-corrected chi connectivity index (χ3v) is 6.16. The van der Waals surface area contributed by atoms with Gasteiger partial charge in [-0.3, -0.25) is 4.98 Å². The number of hydrogen-bond donors (Lipinski definition) is 1. The number of methoxy groups -OCH3 is 1. The molecule has 5 rings (SSSR count). The lowest BCUT2D eigenvalue weighted by Gasteiger charge is -2.31. The summed E-state index contributed by atoms with van der Waals surface area (Å²) in [5.41, 5.74) is 2.66. The molecular formula is C23H27FN6O3. The summed E-state index contributed by atoms with van der Waals surface area (Å²) in [7, 11) is 1.39. The van der Waals surface area contributed by atoms with Gasteiger partial charge in [-0.2, -0.15) is 9.37 Å². The fourth-order valence-corrected chi connectivity index (χ4v) is 4.42. The Hall–Kier alpha value is -3.27. The molecule has 0 bridgehead atoms. The molecule has 174 valence electrons. The van der Waals surface area contributed by atoms with Crippen LogP contribution in [0.2, 0.25) is 0 Å². The molecule has 1 aliphatic carbocycles. The molecule has 1 aliphatic heterocycles. The van der Waals surface area contributed by atoms with Gasteiger partial charge in [0.2, 0.25) is 5.82 Å². The average Bonchev–Trinajstić information content (AvgIpc) is 2.87. The quantitative estimate of drug-likeness (QED) is 0.602. The molecule has 9 nitrogen and oxygen atoms in total. The summed E-state index contributed by atoms with van der Waals surface area (Å²) in [6, 6.07) is 4.23. The Labute approximate surface area is 191 Å². The van der Waals surface area contributed by atoms with Crippen molar-refractivity contribution >= 4 is 22.5 Å². The highest BCUT2D eigenvalue weighted by Gasteiger charge is 2.25. The average molecular weight is 455 g/mol. The van der Waals surface area contributed by atoms with E-state index < -0.39 is 5.82 Å². The molecule has 0 unspecified atom stereocenters. The molecule has 0 amide bonds. The van der Waals surface area contributed by atoms with Gasteiger partial charge in [-0.15, -0.1) is 0 Å². The van der Waals surface area contributed by atoms with Gasteiger partial charge in [0.05, 0.1) is 31.9 Å². The summed E-state index contributed by atoms with van der Waals surface area (Å²) in [6.07, 6.45) is 8.09. The number of aromatic nitrogens is 4. The minimum atomic E-state index is -0.566. The first kappa shape index (κ1) is 21.6. The van der Waals surface area contributed by atoms with Gasteiger partial charge in [0, 0.05) is 43.3 Å². The minimum Gasteiger partial charge on any atom is -0.488 e. The van der Waals surface area contributed by atoms with Gasteiger partial charge in [0.15, 0.2) is 5.82 Å². The van der Waals surface area contributed by atoms with E-state index in [0.29, 0.717) is 13.2 Å². The molecule has 2 aliphatic rings. The van der Waals surface area contributed by atoms with Crippen molar-refractivity contribution in [2.45, 2.75) is 37.8 Å². The van der Waals surface area contributed by atoms with Crippen LogP contribution in [-0.2, 0) is 4.74 Å². The van der Waals surface area contributed by atoms with Crippen LogP contribution >= 0.6 is 0 Å². The third kappa shape index (κ3) is 4.75. The number of ether oxygens (including phenoxy) is 3. The van der Waals surface area contributed by atoms with Crippen molar-refractivity contribution in [1.82, 2.24) is 19.9 Å². The van der Waals surface area contributed by atoms with Crippen LogP contribution in [-0.4, -0.2) is 65.5 Å². The normalized spacial score (nSPS) is 21.1. The van der Waals surface area contributed by atoms with Crippen LogP contribution in [0.3, 0.4) is 0 Å². The Morgan fingerprint density at radius 2 is 1.82 bits per heavy atom. The summed E-state index contributed by atoms with van der Waals surface area (Å²) in [4.78, 5) is 19.1. The first-order valence-corrected chi connectivity index (χ1v) is 11.3. The van der Waals surface area contributed by atoms with Gasteiger partial charge in [-0.05, 0) is 31.7 Å². The first-order valence-electron chi connectivity index (χ1n) is 11.3. The van der Waals surface area contributed by atoms with Crippen LogP contribution in [0.5, 0.6) is 11.6 Å². The highest BCUT2D eigenvalue weighted by Crippen LogP contribution is 2.33. The van der Waals surface area contributed by atoms with Gasteiger partial charge in [-0.25, -0.2) is 9.97 Å². The van der Waals surface area contributed by atoms with Crippen LogP contribution < -0.4 is 19.7 Å². The van der Waals surface area contributed by atoms with E-state index in [1.54, 1.807) is 12.4 Å². The number of nitrogens with one attached hydrogen (secondary N) is 1. The lowest BCUT2D eigenvalue weighted by Crippen LogP contribution is -2.36. The lowest BCUT2D eigenvalue weighted by molar-refractivity contribution is 0.122. The van der Waals surface area contributed by atoms with Crippen LogP contribution in [0, 0.1) is 5.82 Å². The van der Waals surface area contributed by atoms with Gasteiger partial charge in [0.25, 0.3) is 5.88 Å². The molecule has 1 N–H and O–H groups in total. The Kier molecular flexibility index (Phi) is 6.34. The second-order valence-electron chi connectivity index (χ2n) is 8.25. The van der Waals surface area contributed by atoms with Gasteiger partial charge >= 0.3 is 0 Å². The molecule has 1 saturated heterocycles. The lowest BCUT2D eigenvalue weighted by atomic mass is 9.93. The largest absolute Gasteiger partial charge is 0.488 e. The number of anilines is 2. The molecular weight excluding hydrogens is 427 g/mol. The number of rotatable bonds is 6. The summed E-state index contributed by atoms with van der Waals surface area (Å²) >= 11 is 0. The molecule has 2 fully saturated rings. The van der Waals surface area contributed by atoms with Crippen molar-refractivity contribution in [3.05, 3.63) is 36.7 Å². The fourth-order valence-electron chi connectivity index (χ4n) is 4.42. The van der Waals surface area contributed by atoms with E-state index >= 15 is 0 Å². The summed E-state index contributed by atoms with van der Waals surface area (Å²) < 4.78 is 31.2. The van der Waals surface area contributed by atoms with Crippen molar-refractivity contribution < 1.29 is 18.6 Å². The molecule has 3 heterocycles. The predicted molar refractivity (Wildman–Crippen MR) is 121 cm³/mol. The van der Waals surface area contributed by atoms with E-state index in [9.17, 15) is 4.39 Å². The predicted octanol–water partition coefficient (Wildman–Crippen LogP) is 3.21. The molecule has 10 heteroatoms. The number of fused-ring (bicyclic) bond motifs is 1. The zero-order valence-electron chi connectivity index (χ0n) is 18.5. The zero-order chi connectivity index (χ0) is 22.6. The van der Waals surface area contributed by atoms with E-state index in [4.69, 9.17) is 14.2 Å². The maximum Gasteiger partial charge on any atom is 0.255 e. The molecule has 0 spiro atoms. The second kappa shape index (κ2) is 9.70. The smallest absolute Gasteiger partial charge is 0.255 e. The number of hydrogen-bond acceptors (Lipinski definition) is 9. The van der Waals surface area contributed by atoms with Crippen LogP contribution in [0.4, 0.5) is 15.9 Å². The van der Waals surface area contributed by atoms with Gasteiger partial charge in [-0.1, -0.05) is 0 Å². The minimum absolute atomic E-state index is 0.0537. The van der Waals surface area contributed by atoms with Gasteiger partial charge in [0.1, 0.15) is 17.6 Å². The van der Waals surface area contributed by atoms with Crippen molar-refractivity contribution in [3.63, 3.8) is 0 Å². The number of nitrogens with zero attached hydrogens (tertiary/aromatic N) is 5. The first-order chi connectivity index (χ1) is 16.2. The Morgan fingerprint density at radius 1 is 1.03 bits per heavy atom. The zero-order valence-corrected chi connectivity index (χ0v) is 18.5. The maximum atomic E-state index is 14.4. The summed E-state index contributed by atoms with van der Waals surface area (Å²) in [5.74, 6) is 0.303. The third-order valence-electron chi connectivity index (χ3n) is 6.16. The topological polar surface area (TPSA) is 94.5 Å². The van der Waals surface area contributed by atoms with Crippen LogP contribution in [0.1, 0.15) is 25.7 Å². The molecule has 2 aromatic heterocycles. The molecule has 0 radical (unpaired) electrons. The fraction of sp³-hybridized carbons (Fsp3) is 0.478. The van der Waals surface area contributed by atoms with E-state index in [-0.39, 0.29) is 23.8 Å². The molecule has 1 aromatic carbocycles. The Bertz CT molecular complexity index is 1100. The summed E-state index contributed by atoms with van der Waals surface area (Å²) in [5, 5.41) is 3.19. The van der Waals surface area contributed by atoms with Crippen molar-refractivity contribution in [2.24, 2.45) is 0 Å². The highest BCUT2D eigenvalue weighted by molar-refractivity contribution is 5.85. The second-order valence-corrected chi connectivity index (χ2v) is 8.25. The maximum absolute atomic E-state index is 14.4. The van der Waals surface area contributed by atoms with E-state index in [0.717, 1.165) is 61.2 Å². The van der Waals surface area contributed by atoms with Crippen molar-refractivity contribution in [2.75, 3.05) is 43.6 Å². The van der Waals surface area contributed by atoms with E-state index in [2.05, 4.69) is 42.3 Å². The van der Waals surface area contributed by atoms with E-state index in [1.165, 1.54) is 13.4 Å². The van der Waals surface area contributed by atoms with Gasteiger partial charge < -0.3 is 24.4 Å². The van der Waals surface area contributed by atoms with Crippen molar-refractivity contribution in [3.8, 4) is 11.6 Å². The molecule has 0 atom stereocenters. The number of benzene rings is 1. The molecule has 1 saturated carbocycles. The van der Waals surface area contributed by atoms with Crippen molar-refractivity contribution in [1.29, 1.82) is 0 Å². The molecule has 3 aromatic rings. The Morgan fingerprint density at radius 3 is 2.61 bits per heavy atom.